The van der Waals surface area contributed by atoms with Crippen LogP contribution in [0.25, 0.3) is 10.9 Å². The summed E-state index contributed by atoms with van der Waals surface area (Å²) in [5.74, 6) is -2.34. The molecule has 0 unspecified atom stereocenters. The number of amides is 1. The smallest absolute Gasteiger partial charge is 0.261 e. The van der Waals surface area contributed by atoms with Crippen LogP contribution in [0.15, 0.2) is 55.0 Å². The number of carbonyl (C=O) groups is 1. The van der Waals surface area contributed by atoms with Crippen LogP contribution in [0.2, 0.25) is 0 Å². The lowest BCUT2D eigenvalue weighted by atomic mass is 10.1. The fourth-order valence-corrected chi connectivity index (χ4v) is 3.72. The van der Waals surface area contributed by atoms with Crippen molar-refractivity contribution in [1.29, 1.82) is 0 Å². The third-order valence-electron chi connectivity index (χ3n) is 5.67. The number of ether oxygens (including phenoxy) is 4. The van der Waals surface area contributed by atoms with E-state index in [1.165, 1.54) is 37.8 Å². The summed E-state index contributed by atoms with van der Waals surface area (Å²) in [4.78, 5) is 21.1. The molecule has 2 aromatic carbocycles. The highest BCUT2D eigenvalue weighted by atomic mass is 19.1. The van der Waals surface area contributed by atoms with E-state index in [2.05, 4.69) is 20.6 Å². The molecule has 4 rings (SSSR count). The Morgan fingerprint density at radius 3 is 2.41 bits per heavy atom. The van der Waals surface area contributed by atoms with Crippen LogP contribution in [0.1, 0.15) is 24.2 Å². The molecule has 3 N–H and O–H groups in total. The van der Waals surface area contributed by atoms with Crippen molar-refractivity contribution in [1.82, 2.24) is 15.3 Å². The van der Waals surface area contributed by atoms with Crippen molar-refractivity contribution in [3.05, 3.63) is 72.2 Å². The molecule has 1 amide bonds. The molecule has 0 spiro atoms. The maximum Gasteiger partial charge on any atom is 0.261 e. The Hall–Kier alpha value is -4.55. The highest BCUT2D eigenvalue weighted by Crippen LogP contribution is 2.38. The minimum absolute atomic E-state index is 0.0180. The summed E-state index contributed by atoms with van der Waals surface area (Å²) in [6, 6.07) is 8.05. The Balaban J connectivity index is 1.57. The minimum atomic E-state index is -1.15. The van der Waals surface area contributed by atoms with E-state index in [-0.39, 0.29) is 29.4 Å². The van der Waals surface area contributed by atoms with Gasteiger partial charge in [0, 0.05) is 54.4 Å². The third kappa shape index (κ3) is 7.35. The van der Waals surface area contributed by atoms with Crippen molar-refractivity contribution in [2.75, 3.05) is 39.2 Å². The van der Waals surface area contributed by atoms with E-state index in [0.29, 0.717) is 35.6 Å². The lowest BCUT2D eigenvalue weighted by Crippen LogP contribution is -2.28. The first-order chi connectivity index (χ1) is 19.6. The zero-order valence-electron chi connectivity index (χ0n) is 23.0. The Bertz CT molecular complexity index is 1520. The van der Waals surface area contributed by atoms with Crippen molar-refractivity contribution < 1.29 is 37.6 Å². The number of pyridine rings is 2. The summed E-state index contributed by atoms with van der Waals surface area (Å²) >= 11 is 0. The summed E-state index contributed by atoms with van der Waals surface area (Å²) < 4.78 is 52.6. The van der Waals surface area contributed by atoms with Gasteiger partial charge in [0.1, 0.15) is 24.7 Å². The van der Waals surface area contributed by atoms with Gasteiger partial charge in [-0.15, -0.1) is 0 Å². The van der Waals surface area contributed by atoms with Gasteiger partial charge in [0.25, 0.3) is 5.91 Å². The Kier molecular flexibility index (Phi) is 9.15. The summed E-state index contributed by atoms with van der Waals surface area (Å²) in [7, 11) is 3.28. The van der Waals surface area contributed by atoms with Gasteiger partial charge in [0.15, 0.2) is 28.9 Å². The van der Waals surface area contributed by atoms with E-state index in [1.54, 1.807) is 33.0 Å². The van der Waals surface area contributed by atoms with E-state index in [1.807, 2.05) is 0 Å². The maximum atomic E-state index is 15.1. The van der Waals surface area contributed by atoms with E-state index in [0.717, 1.165) is 12.1 Å². The molecule has 4 aromatic rings. The molecule has 2 aromatic heterocycles. The normalized spacial score (nSPS) is 11.3. The number of rotatable bonds is 12. The third-order valence-corrected chi connectivity index (χ3v) is 5.67. The zero-order valence-corrected chi connectivity index (χ0v) is 23.0. The summed E-state index contributed by atoms with van der Waals surface area (Å²) in [5.41, 5.74) is -0.817. The molecular weight excluding hydrogens is 538 g/mol. The van der Waals surface area contributed by atoms with Crippen LogP contribution in [-0.2, 0) is 0 Å². The van der Waals surface area contributed by atoms with Gasteiger partial charge >= 0.3 is 0 Å². The van der Waals surface area contributed by atoms with Gasteiger partial charge in [0.05, 0.1) is 23.8 Å². The lowest BCUT2D eigenvalue weighted by molar-refractivity contribution is 0.0281. The second-order valence-electron chi connectivity index (χ2n) is 9.58. The van der Waals surface area contributed by atoms with Gasteiger partial charge in [-0.3, -0.25) is 14.8 Å². The molecule has 0 aliphatic rings. The summed E-state index contributed by atoms with van der Waals surface area (Å²) in [6.07, 6.45) is 4.11. The monoisotopic (exact) mass is 568 g/mol. The number of aliphatic hydroxyl groups is 1. The van der Waals surface area contributed by atoms with Gasteiger partial charge in [-0.1, -0.05) is 0 Å². The van der Waals surface area contributed by atoms with Crippen LogP contribution in [0.4, 0.5) is 14.5 Å². The van der Waals surface area contributed by atoms with Crippen LogP contribution in [0, 0.1) is 11.6 Å². The number of halogens is 2. The van der Waals surface area contributed by atoms with Crippen molar-refractivity contribution in [2.24, 2.45) is 0 Å². The standard InChI is InChI=1S/C29H30F2N4O6/c1-29(2,37)16-40-23-5-7-33-15-19(23)28(36)35-17-11-20(30)27(21(31)12-17)41-24-6-8-34-22-14-26(39-10-9-32-3)25(38-4)13-18(22)24/h5-8,11-15,32,37H,9-10,16H2,1-4H3,(H,35,36). The molecule has 0 atom stereocenters. The number of benzene rings is 2. The molecule has 12 heteroatoms. The number of methoxy groups -OCH3 is 1. The van der Waals surface area contributed by atoms with E-state index in [9.17, 15) is 9.90 Å². The van der Waals surface area contributed by atoms with Crippen molar-refractivity contribution >= 4 is 22.5 Å². The Morgan fingerprint density at radius 1 is 1.00 bits per heavy atom. The number of carbonyl (C=O) groups excluding carboxylic acids is 1. The number of likely N-dealkylation sites (N-methyl/N-ethyl adjacent to an activating group) is 1. The van der Waals surface area contributed by atoms with Crippen LogP contribution >= 0.6 is 0 Å². The van der Waals surface area contributed by atoms with Gasteiger partial charge in [-0.05, 0) is 39.1 Å². The molecule has 0 bridgehead atoms. The summed E-state index contributed by atoms with van der Waals surface area (Å²) in [6.45, 7) is 4.02. The lowest BCUT2D eigenvalue weighted by Gasteiger charge is -2.19. The average Bonchev–Trinajstić information content (AvgIpc) is 2.93. The van der Waals surface area contributed by atoms with Crippen LogP contribution in [-0.4, -0.2) is 60.5 Å². The van der Waals surface area contributed by atoms with Gasteiger partial charge < -0.3 is 34.7 Å². The molecular formula is C29H30F2N4O6. The summed E-state index contributed by atoms with van der Waals surface area (Å²) in [5, 5.41) is 15.8. The molecule has 0 aliphatic carbocycles. The number of nitrogens with zero attached hydrogens (tertiary/aromatic N) is 2. The Labute approximate surface area is 235 Å². The molecule has 0 fully saturated rings. The predicted molar refractivity (Wildman–Crippen MR) is 148 cm³/mol. The first-order valence-corrected chi connectivity index (χ1v) is 12.6. The highest BCUT2D eigenvalue weighted by Gasteiger charge is 2.21. The highest BCUT2D eigenvalue weighted by molar-refractivity contribution is 6.06. The first kappa shape index (κ1) is 29.4. The largest absolute Gasteiger partial charge is 0.493 e. The maximum absolute atomic E-state index is 15.1. The fourth-order valence-electron chi connectivity index (χ4n) is 3.72. The molecule has 0 radical (unpaired) electrons. The van der Waals surface area contributed by atoms with Crippen molar-refractivity contribution in [2.45, 2.75) is 19.4 Å². The molecule has 216 valence electrons. The van der Waals surface area contributed by atoms with E-state index >= 15 is 8.78 Å². The van der Waals surface area contributed by atoms with Crippen LogP contribution in [0.5, 0.6) is 28.7 Å². The average molecular weight is 569 g/mol. The second kappa shape index (κ2) is 12.7. The number of fused-ring (bicyclic) bond motifs is 1. The van der Waals surface area contributed by atoms with Gasteiger partial charge in [-0.25, -0.2) is 8.78 Å². The number of hydrogen-bond acceptors (Lipinski definition) is 9. The van der Waals surface area contributed by atoms with E-state index < -0.39 is 28.9 Å². The number of aromatic nitrogens is 2. The predicted octanol–water partition coefficient (Wildman–Crippen LogP) is 4.71. The minimum Gasteiger partial charge on any atom is -0.493 e. The first-order valence-electron chi connectivity index (χ1n) is 12.6. The van der Waals surface area contributed by atoms with Crippen molar-refractivity contribution in [3.63, 3.8) is 0 Å². The molecule has 10 nitrogen and oxygen atoms in total. The number of anilines is 1. The van der Waals surface area contributed by atoms with Crippen LogP contribution in [0.3, 0.4) is 0 Å². The second-order valence-corrected chi connectivity index (χ2v) is 9.58. The zero-order chi connectivity index (χ0) is 29.6. The number of nitrogens with one attached hydrogen (secondary N) is 2. The SMILES string of the molecule is CNCCOc1cc2nccc(Oc3c(F)cc(NC(=O)c4cnccc4OCC(C)(C)O)cc3F)c2cc1OC. The quantitative estimate of drug-likeness (QED) is 0.209. The van der Waals surface area contributed by atoms with Gasteiger partial charge in [0.2, 0.25) is 0 Å². The van der Waals surface area contributed by atoms with E-state index in [4.69, 9.17) is 18.9 Å². The molecule has 2 heterocycles. The van der Waals surface area contributed by atoms with Gasteiger partial charge in [-0.2, -0.15) is 0 Å². The molecule has 41 heavy (non-hydrogen) atoms. The fraction of sp³-hybridized carbons (Fsp3) is 0.276. The Morgan fingerprint density at radius 2 is 1.73 bits per heavy atom. The number of hydrogen-bond donors (Lipinski definition) is 3. The topological polar surface area (TPSA) is 124 Å². The van der Waals surface area contributed by atoms with Crippen molar-refractivity contribution in [3.8, 4) is 28.7 Å². The molecule has 0 saturated heterocycles. The molecule has 0 aliphatic heterocycles. The van der Waals surface area contributed by atoms with Crippen LogP contribution < -0.4 is 29.6 Å². The molecule has 0 saturated carbocycles.